The van der Waals surface area contributed by atoms with Gasteiger partial charge >= 0.3 is 0 Å². The Morgan fingerprint density at radius 2 is 1.95 bits per heavy atom. The van der Waals surface area contributed by atoms with E-state index in [1.165, 1.54) is 0 Å². The molecule has 2 rings (SSSR count). The van der Waals surface area contributed by atoms with Crippen LogP contribution in [0, 0.1) is 0 Å². The fraction of sp³-hybridized carbons (Fsp3) is 0.429. The van der Waals surface area contributed by atoms with Crippen LogP contribution < -0.4 is 15.4 Å². The number of hydrogen-bond donors (Lipinski definition) is 2. The molecule has 0 aromatic heterocycles. The molecule has 2 N–H and O–H groups in total. The third kappa shape index (κ3) is 4.45. The number of benzene rings is 1. The van der Waals surface area contributed by atoms with Crippen molar-refractivity contribution in [3.05, 3.63) is 29.8 Å². The second-order valence-corrected chi connectivity index (χ2v) is 7.29. The molecule has 2 amide bonds. The topological polar surface area (TPSA) is 102 Å². The molecule has 0 spiro atoms. The first kappa shape index (κ1) is 16.3. The summed E-state index contributed by atoms with van der Waals surface area (Å²) in [5.74, 6) is -0.00895. The van der Waals surface area contributed by atoms with E-state index in [2.05, 4.69) is 10.6 Å². The number of ether oxygens (including phenoxy) is 1. The Hall–Kier alpha value is -2.09. The van der Waals surface area contributed by atoms with Crippen molar-refractivity contribution in [1.29, 1.82) is 0 Å². The lowest BCUT2D eigenvalue weighted by Gasteiger charge is -2.11. The molecule has 1 aliphatic rings. The van der Waals surface area contributed by atoms with Gasteiger partial charge in [0.05, 0.1) is 11.5 Å². The molecule has 1 atom stereocenters. The first-order valence-electron chi connectivity index (χ1n) is 6.84. The Bertz CT molecular complexity index is 654. The van der Waals surface area contributed by atoms with E-state index in [1.54, 1.807) is 31.3 Å². The number of nitrogens with one attached hydrogen (secondary N) is 2. The van der Waals surface area contributed by atoms with Crippen molar-refractivity contribution in [1.82, 2.24) is 10.6 Å². The van der Waals surface area contributed by atoms with Crippen LogP contribution in [0.5, 0.6) is 5.75 Å². The van der Waals surface area contributed by atoms with Gasteiger partial charge in [0.2, 0.25) is 0 Å². The third-order valence-corrected chi connectivity index (χ3v) is 5.08. The van der Waals surface area contributed by atoms with Crippen molar-refractivity contribution in [2.24, 2.45) is 0 Å². The predicted octanol–water partition coefficient (Wildman–Crippen LogP) is -0.272. The molecule has 0 aliphatic carbocycles. The summed E-state index contributed by atoms with van der Waals surface area (Å²) in [6.45, 7) is -0.199. The zero-order chi connectivity index (χ0) is 16.2. The van der Waals surface area contributed by atoms with Gasteiger partial charge in [-0.3, -0.25) is 9.59 Å². The number of hydrogen-bond acceptors (Lipinski definition) is 5. The van der Waals surface area contributed by atoms with Gasteiger partial charge in [-0.1, -0.05) is 0 Å². The summed E-state index contributed by atoms with van der Waals surface area (Å²) in [4.78, 5) is 23.1. The van der Waals surface area contributed by atoms with Gasteiger partial charge in [0.15, 0.2) is 16.4 Å². The minimum atomic E-state index is -3.02. The summed E-state index contributed by atoms with van der Waals surface area (Å²) in [6, 6.07) is 6.04. The molecule has 1 heterocycles. The summed E-state index contributed by atoms with van der Waals surface area (Å²) in [6.07, 6.45) is 0.439. The van der Waals surface area contributed by atoms with Crippen molar-refractivity contribution >= 4 is 21.7 Å². The Balaban J connectivity index is 1.80. The Morgan fingerprint density at radius 1 is 1.27 bits per heavy atom. The highest BCUT2D eigenvalue weighted by atomic mass is 32.2. The van der Waals surface area contributed by atoms with Crippen LogP contribution in [0.4, 0.5) is 0 Å². The molecule has 1 aromatic carbocycles. The van der Waals surface area contributed by atoms with Crippen LogP contribution in [0.1, 0.15) is 16.8 Å². The van der Waals surface area contributed by atoms with Crippen LogP contribution >= 0.6 is 0 Å². The Labute approximate surface area is 129 Å². The number of carbonyl (C=O) groups excluding carboxylic acids is 2. The molecule has 1 fully saturated rings. The number of rotatable bonds is 5. The summed E-state index contributed by atoms with van der Waals surface area (Å²) in [5, 5.41) is 5.14. The average molecular weight is 326 g/mol. The fourth-order valence-corrected chi connectivity index (χ4v) is 3.85. The van der Waals surface area contributed by atoms with E-state index in [9.17, 15) is 18.0 Å². The van der Waals surface area contributed by atoms with Crippen LogP contribution in [0.15, 0.2) is 24.3 Å². The van der Waals surface area contributed by atoms with Gasteiger partial charge in [-0.15, -0.1) is 0 Å². The van der Waals surface area contributed by atoms with E-state index in [1.807, 2.05) is 0 Å². The molecule has 0 saturated carbocycles. The van der Waals surface area contributed by atoms with Crippen molar-refractivity contribution in [3.63, 3.8) is 0 Å². The summed E-state index contributed by atoms with van der Waals surface area (Å²) >= 11 is 0. The second-order valence-electron chi connectivity index (χ2n) is 5.06. The van der Waals surface area contributed by atoms with E-state index in [4.69, 9.17) is 4.74 Å². The van der Waals surface area contributed by atoms with Gasteiger partial charge in [-0.2, -0.15) is 0 Å². The maximum atomic E-state index is 11.7. The van der Waals surface area contributed by atoms with Crippen molar-refractivity contribution in [2.75, 3.05) is 25.2 Å². The number of carbonyl (C=O) groups is 2. The molecular weight excluding hydrogens is 308 g/mol. The van der Waals surface area contributed by atoms with Gasteiger partial charge < -0.3 is 15.4 Å². The molecule has 22 heavy (non-hydrogen) atoms. The molecule has 1 saturated heterocycles. The smallest absolute Gasteiger partial charge is 0.258 e. The first-order chi connectivity index (χ1) is 10.4. The molecule has 120 valence electrons. The van der Waals surface area contributed by atoms with Crippen molar-refractivity contribution < 1.29 is 22.7 Å². The second kappa shape index (κ2) is 6.78. The quantitative estimate of drug-likeness (QED) is 0.775. The van der Waals surface area contributed by atoms with Gasteiger partial charge in [0.25, 0.3) is 11.8 Å². The van der Waals surface area contributed by atoms with E-state index in [-0.39, 0.29) is 36.0 Å². The maximum Gasteiger partial charge on any atom is 0.258 e. The van der Waals surface area contributed by atoms with Crippen LogP contribution in [-0.4, -0.2) is 51.4 Å². The van der Waals surface area contributed by atoms with Gasteiger partial charge in [-0.05, 0) is 30.7 Å². The molecule has 8 heteroatoms. The summed E-state index contributed by atoms with van der Waals surface area (Å²) < 4.78 is 27.9. The highest BCUT2D eigenvalue weighted by Gasteiger charge is 2.28. The fourth-order valence-electron chi connectivity index (χ4n) is 2.17. The minimum Gasteiger partial charge on any atom is -0.484 e. The number of sulfone groups is 1. The summed E-state index contributed by atoms with van der Waals surface area (Å²) in [5.41, 5.74) is 0.496. The van der Waals surface area contributed by atoms with Gasteiger partial charge in [-0.25, -0.2) is 8.42 Å². The lowest BCUT2D eigenvalue weighted by molar-refractivity contribution is -0.123. The highest BCUT2D eigenvalue weighted by molar-refractivity contribution is 7.91. The van der Waals surface area contributed by atoms with E-state index in [0.29, 0.717) is 17.7 Å². The normalized spacial score (nSPS) is 19.4. The van der Waals surface area contributed by atoms with Gasteiger partial charge in [0, 0.05) is 18.7 Å². The van der Waals surface area contributed by atoms with Crippen LogP contribution in [0.2, 0.25) is 0 Å². The van der Waals surface area contributed by atoms with Crippen molar-refractivity contribution in [3.8, 4) is 5.75 Å². The molecule has 0 radical (unpaired) electrons. The molecule has 1 aromatic rings. The maximum absolute atomic E-state index is 11.7. The van der Waals surface area contributed by atoms with Crippen molar-refractivity contribution in [2.45, 2.75) is 12.5 Å². The van der Waals surface area contributed by atoms with E-state index >= 15 is 0 Å². The number of amides is 2. The van der Waals surface area contributed by atoms with E-state index < -0.39 is 9.84 Å². The van der Waals surface area contributed by atoms with Crippen LogP contribution in [0.3, 0.4) is 0 Å². The predicted molar refractivity (Wildman–Crippen MR) is 80.5 cm³/mol. The molecule has 0 bridgehead atoms. The average Bonchev–Trinajstić information content (AvgIpc) is 2.83. The molecule has 7 nitrogen and oxygen atoms in total. The van der Waals surface area contributed by atoms with Crippen LogP contribution in [-0.2, 0) is 14.6 Å². The van der Waals surface area contributed by atoms with Crippen LogP contribution in [0.25, 0.3) is 0 Å². The zero-order valence-electron chi connectivity index (χ0n) is 12.2. The lowest BCUT2D eigenvalue weighted by Crippen LogP contribution is -2.38. The standard InChI is InChI=1S/C14H18N2O5S/c1-15-14(18)10-2-4-12(5-3-10)21-8-13(17)16-11-6-7-22(19,20)9-11/h2-5,11H,6-9H2,1H3,(H,15,18)(H,16,17)/t11-/m0/s1. The SMILES string of the molecule is CNC(=O)c1ccc(OCC(=O)N[C@H]2CCS(=O)(=O)C2)cc1. The van der Waals surface area contributed by atoms with Gasteiger partial charge in [0.1, 0.15) is 5.75 Å². The molecule has 1 aliphatic heterocycles. The largest absolute Gasteiger partial charge is 0.484 e. The first-order valence-corrected chi connectivity index (χ1v) is 8.66. The lowest BCUT2D eigenvalue weighted by atomic mass is 10.2. The summed E-state index contributed by atoms with van der Waals surface area (Å²) in [7, 11) is -1.48. The minimum absolute atomic E-state index is 0.0143. The Kier molecular flexibility index (Phi) is 5.02. The highest BCUT2D eigenvalue weighted by Crippen LogP contribution is 2.13. The molecule has 0 unspecified atom stereocenters. The zero-order valence-corrected chi connectivity index (χ0v) is 13.0. The molecular formula is C14H18N2O5S. The monoisotopic (exact) mass is 326 g/mol. The van der Waals surface area contributed by atoms with E-state index in [0.717, 1.165) is 0 Å². The third-order valence-electron chi connectivity index (χ3n) is 3.31. The Morgan fingerprint density at radius 3 is 2.50 bits per heavy atom.